The predicted molar refractivity (Wildman–Crippen MR) is 79.1 cm³/mol. The minimum atomic E-state index is -2.94. The quantitative estimate of drug-likeness (QED) is 0.876. The van der Waals surface area contributed by atoms with Crippen molar-refractivity contribution in [3.05, 3.63) is 21.4 Å². The number of sulfone groups is 1. The van der Waals surface area contributed by atoms with Crippen LogP contribution in [0, 0.1) is 13.8 Å². The summed E-state index contributed by atoms with van der Waals surface area (Å²) in [5.41, 5.74) is 1.28. The minimum Gasteiger partial charge on any atom is -0.309 e. The van der Waals surface area contributed by atoms with Gasteiger partial charge in [0.2, 0.25) is 0 Å². The zero-order valence-corrected chi connectivity index (χ0v) is 13.4. The predicted octanol–water partition coefficient (Wildman–Crippen LogP) is 2.84. The molecule has 3 nitrogen and oxygen atoms in total. The van der Waals surface area contributed by atoms with Gasteiger partial charge < -0.3 is 5.32 Å². The third-order valence-corrected chi connectivity index (χ3v) is 6.29. The van der Waals surface area contributed by atoms with E-state index in [9.17, 15) is 8.42 Å². The van der Waals surface area contributed by atoms with Crippen molar-refractivity contribution in [2.24, 2.45) is 0 Å². The highest BCUT2D eigenvalue weighted by atomic mass is 32.2. The van der Waals surface area contributed by atoms with Crippen molar-refractivity contribution in [3.63, 3.8) is 0 Å². The highest BCUT2D eigenvalue weighted by Gasteiger charge is 2.17. The van der Waals surface area contributed by atoms with Crippen molar-refractivity contribution in [1.29, 1.82) is 0 Å². The Morgan fingerprint density at radius 3 is 2.33 bits per heavy atom. The Hall–Kier alpha value is -0.390. The highest BCUT2D eigenvalue weighted by molar-refractivity contribution is 7.92. The molecule has 0 fully saturated rings. The summed E-state index contributed by atoms with van der Waals surface area (Å²) in [4.78, 5) is 2.60. The summed E-state index contributed by atoms with van der Waals surface area (Å²) in [6, 6.07) is 2.38. The van der Waals surface area contributed by atoms with Crippen LogP contribution in [0.25, 0.3) is 0 Å². The van der Waals surface area contributed by atoms with Gasteiger partial charge in [-0.2, -0.15) is 0 Å². The largest absolute Gasteiger partial charge is 0.309 e. The molecule has 1 aromatic rings. The van der Waals surface area contributed by atoms with Gasteiger partial charge in [0.1, 0.15) is 0 Å². The van der Waals surface area contributed by atoms with Gasteiger partial charge in [-0.25, -0.2) is 8.42 Å². The molecule has 1 aromatic heterocycles. The number of hydrogen-bond donors (Lipinski definition) is 1. The molecule has 5 heteroatoms. The van der Waals surface area contributed by atoms with E-state index in [4.69, 9.17) is 0 Å². The Morgan fingerprint density at radius 1 is 1.28 bits per heavy atom. The average molecular weight is 289 g/mol. The first-order valence-corrected chi connectivity index (χ1v) is 8.79. The molecule has 1 N–H and O–H groups in total. The second-order valence-corrected chi connectivity index (χ2v) is 9.10. The fraction of sp³-hybridized carbons (Fsp3) is 0.692. The molecule has 0 saturated carbocycles. The third-order valence-electron chi connectivity index (χ3n) is 3.10. The van der Waals surface area contributed by atoms with E-state index < -0.39 is 9.84 Å². The maximum absolute atomic E-state index is 11.7. The van der Waals surface area contributed by atoms with Gasteiger partial charge in [0, 0.05) is 22.3 Å². The Labute approximate surface area is 115 Å². The first kappa shape index (κ1) is 15.7. The normalized spacial score (nSPS) is 14.1. The van der Waals surface area contributed by atoms with Gasteiger partial charge in [-0.1, -0.05) is 0 Å². The maximum Gasteiger partial charge on any atom is 0.153 e. The summed E-state index contributed by atoms with van der Waals surface area (Å²) < 4.78 is 23.4. The molecule has 1 unspecified atom stereocenters. The molecule has 1 atom stereocenters. The van der Waals surface area contributed by atoms with Crippen LogP contribution in [0.2, 0.25) is 0 Å². The molecule has 0 aromatic carbocycles. The Kier molecular flexibility index (Phi) is 5.37. The molecule has 104 valence electrons. The molecule has 0 bridgehead atoms. The number of nitrogens with one attached hydrogen (secondary N) is 1. The molecule has 0 aliphatic rings. The van der Waals surface area contributed by atoms with E-state index in [1.54, 1.807) is 25.2 Å². The van der Waals surface area contributed by atoms with E-state index in [0.29, 0.717) is 6.54 Å². The molecule has 0 saturated heterocycles. The topological polar surface area (TPSA) is 46.2 Å². The average Bonchev–Trinajstić information content (AvgIpc) is 2.57. The summed E-state index contributed by atoms with van der Waals surface area (Å²) >= 11 is 1.78. The molecule has 0 spiro atoms. The van der Waals surface area contributed by atoms with Gasteiger partial charge in [-0.3, -0.25) is 0 Å². The summed E-state index contributed by atoms with van der Waals surface area (Å²) in [5, 5.41) is 3.00. The lowest BCUT2D eigenvalue weighted by molar-refractivity contribution is 0.566. The van der Waals surface area contributed by atoms with Gasteiger partial charge in [0.05, 0.1) is 11.0 Å². The van der Waals surface area contributed by atoms with E-state index in [2.05, 4.69) is 32.2 Å². The zero-order valence-electron chi connectivity index (χ0n) is 11.8. The number of aryl methyl sites for hydroxylation is 2. The molecular weight excluding hydrogens is 266 g/mol. The summed E-state index contributed by atoms with van der Waals surface area (Å²) in [6.07, 6.45) is 0. The number of rotatable bonds is 6. The monoisotopic (exact) mass is 289 g/mol. The van der Waals surface area contributed by atoms with Crippen molar-refractivity contribution in [2.75, 3.05) is 12.3 Å². The third kappa shape index (κ3) is 4.07. The van der Waals surface area contributed by atoms with Crippen LogP contribution < -0.4 is 5.32 Å². The van der Waals surface area contributed by atoms with Crippen molar-refractivity contribution >= 4 is 21.2 Å². The molecule has 0 amide bonds. The van der Waals surface area contributed by atoms with E-state index in [-0.39, 0.29) is 17.0 Å². The Balaban J connectivity index is 2.53. The van der Waals surface area contributed by atoms with Crippen molar-refractivity contribution < 1.29 is 8.42 Å². The van der Waals surface area contributed by atoms with Crippen molar-refractivity contribution in [1.82, 2.24) is 5.32 Å². The van der Waals surface area contributed by atoms with Gasteiger partial charge in [0.25, 0.3) is 0 Å². The molecule has 0 aliphatic heterocycles. The maximum atomic E-state index is 11.7. The van der Waals surface area contributed by atoms with Crippen molar-refractivity contribution in [3.8, 4) is 0 Å². The Morgan fingerprint density at radius 2 is 1.89 bits per heavy atom. The smallest absolute Gasteiger partial charge is 0.153 e. The van der Waals surface area contributed by atoms with Gasteiger partial charge >= 0.3 is 0 Å². The van der Waals surface area contributed by atoms with Crippen LogP contribution in [0.4, 0.5) is 0 Å². The van der Waals surface area contributed by atoms with Crippen LogP contribution in [0.3, 0.4) is 0 Å². The summed E-state index contributed by atoms with van der Waals surface area (Å²) in [6.45, 7) is 10.2. The molecule has 0 radical (unpaired) electrons. The zero-order chi connectivity index (χ0) is 13.9. The van der Waals surface area contributed by atoms with Crippen LogP contribution >= 0.6 is 11.3 Å². The number of hydrogen-bond acceptors (Lipinski definition) is 4. The highest BCUT2D eigenvalue weighted by Crippen LogP contribution is 2.25. The fourth-order valence-corrected chi connectivity index (χ4v) is 3.74. The van der Waals surface area contributed by atoms with Gasteiger partial charge in [0.15, 0.2) is 9.84 Å². The van der Waals surface area contributed by atoms with Crippen LogP contribution in [0.5, 0.6) is 0 Å². The fourth-order valence-electron chi connectivity index (χ4n) is 1.84. The molecular formula is C13H23NO2S2. The first-order chi connectivity index (χ1) is 8.24. The lowest BCUT2D eigenvalue weighted by atomic mass is 10.1. The molecule has 1 heterocycles. The van der Waals surface area contributed by atoms with E-state index >= 15 is 0 Å². The summed E-state index contributed by atoms with van der Waals surface area (Å²) in [5.74, 6) is 0.206. The van der Waals surface area contributed by atoms with E-state index in [0.717, 1.165) is 0 Å². The lowest BCUT2D eigenvalue weighted by Gasteiger charge is -2.14. The van der Waals surface area contributed by atoms with Gasteiger partial charge in [-0.05, 0) is 46.2 Å². The molecule has 0 aliphatic carbocycles. The van der Waals surface area contributed by atoms with Crippen LogP contribution in [-0.4, -0.2) is 26.0 Å². The first-order valence-electron chi connectivity index (χ1n) is 6.26. The van der Waals surface area contributed by atoms with Crippen LogP contribution in [0.15, 0.2) is 6.07 Å². The standard InChI is InChI=1S/C13H23NO2S2/c1-9(2)18(15,16)7-6-14-11(4)13-8-10(3)17-12(13)5/h8-9,11,14H,6-7H2,1-5H3. The van der Waals surface area contributed by atoms with E-state index in [1.165, 1.54) is 15.3 Å². The van der Waals surface area contributed by atoms with Crippen LogP contribution in [0.1, 0.15) is 42.1 Å². The van der Waals surface area contributed by atoms with Crippen LogP contribution in [-0.2, 0) is 9.84 Å². The second kappa shape index (κ2) is 6.17. The molecule has 1 rings (SSSR count). The van der Waals surface area contributed by atoms with E-state index in [1.807, 2.05) is 0 Å². The molecule has 18 heavy (non-hydrogen) atoms. The number of thiophene rings is 1. The Bertz CT molecular complexity index is 489. The van der Waals surface area contributed by atoms with Crippen molar-refractivity contribution in [2.45, 2.75) is 45.9 Å². The SMILES string of the molecule is Cc1cc(C(C)NCCS(=O)(=O)C(C)C)c(C)s1. The minimum absolute atomic E-state index is 0.206. The lowest BCUT2D eigenvalue weighted by Crippen LogP contribution is -2.29. The summed E-state index contributed by atoms with van der Waals surface area (Å²) in [7, 11) is -2.94. The van der Waals surface area contributed by atoms with Gasteiger partial charge in [-0.15, -0.1) is 11.3 Å². The second-order valence-electron chi connectivity index (χ2n) is 4.96.